The molecule has 1 saturated heterocycles. The van der Waals surface area contributed by atoms with Gasteiger partial charge in [-0.25, -0.2) is 4.98 Å². The highest BCUT2D eigenvalue weighted by atomic mass is 32.1. The number of fused-ring (bicyclic) bond motifs is 1. The number of ketones is 1. The van der Waals surface area contributed by atoms with Crippen molar-refractivity contribution in [2.45, 2.75) is 38.0 Å². The van der Waals surface area contributed by atoms with Crippen molar-refractivity contribution >= 4 is 17.1 Å². The summed E-state index contributed by atoms with van der Waals surface area (Å²) in [5, 5.41) is 1.17. The highest BCUT2D eigenvalue weighted by molar-refractivity contribution is 7.14. The van der Waals surface area contributed by atoms with E-state index in [0.717, 1.165) is 49.5 Å². The Kier molecular flexibility index (Phi) is 2.77. The Hall–Kier alpha value is -0.740. The highest BCUT2D eigenvalue weighted by Crippen LogP contribution is 2.34. The van der Waals surface area contributed by atoms with E-state index in [9.17, 15) is 4.79 Å². The van der Waals surface area contributed by atoms with E-state index < -0.39 is 0 Å². The van der Waals surface area contributed by atoms with Crippen molar-refractivity contribution in [3.63, 3.8) is 0 Å². The molecule has 1 aliphatic heterocycles. The fourth-order valence-corrected chi connectivity index (χ4v) is 3.66. The van der Waals surface area contributed by atoms with Gasteiger partial charge in [0, 0.05) is 25.6 Å². The van der Waals surface area contributed by atoms with Crippen molar-refractivity contribution in [2.75, 3.05) is 13.2 Å². The number of ether oxygens (including phenoxy) is 1. The summed E-state index contributed by atoms with van der Waals surface area (Å²) >= 11 is 1.63. The van der Waals surface area contributed by atoms with Crippen LogP contribution in [0.2, 0.25) is 0 Å². The molecule has 1 aromatic heterocycles. The van der Waals surface area contributed by atoms with Crippen LogP contribution in [0.4, 0.5) is 0 Å². The Bertz CT molecular complexity index is 407. The number of aromatic nitrogens is 1. The van der Waals surface area contributed by atoms with Crippen LogP contribution < -0.4 is 0 Å². The molecule has 1 fully saturated rings. The lowest BCUT2D eigenvalue weighted by atomic mass is 10.0. The van der Waals surface area contributed by atoms with Gasteiger partial charge in [0.25, 0.3) is 0 Å². The third kappa shape index (κ3) is 1.80. The highest BCUT2D eigenvalue weighted by Gasteiger charge is 2.26. The predicted octanol–water partition coefficient (Wildman–Crippen LogP) is 2.56. The average molecular weight is 237 g/mol. The molecule has 0 bridgehead atoms. The Morgan fingerprint density at radius 2 is 2.06 bits per heavy atom. The molecule has 2 heterocycles. The lowest BCUT2D eigenvalue weighted by molar-refractivity contribution is 0.0852. The first-order valence-corrected chi connectivity index (χ1v) is 6.77. The zero-order valence-corrected chi connectivity index (χ0v) is 10.0. The third-order valence-corrected chi connectivity index (χ3v) is 4.66. The largest absolute Gasteiger partial charge is 0.381 e. The van der Waals surface area contributed by atoms with Crippen molar-refractivity contribution in [1.29, 1.82) is 0 Å². The van der Waals surface area contributed by atoms with Gasteiger partial charge >= 0.3 is 0 Å². The zero-order valence-electron chi connectivity index (χ0n) is 9.20. The molecule has 0 atom stereocenters. The molecule has 1 aromatic rings. The molecule has 2 aliphatic rings. The fourth-order valence-electron chi connectivity index (χ4n) is 2.41. The van der Waals surface area contributed by atoms with Gasteiger partial charge in [-0.2, -0.15) is 0 Å². The van der Waals surface area contributed by atoms with Crippen LogP contribution in [0.3, 0.4) is 0 Å². The second-order valence-corrected chi connectivity index (χ2v) is 5.52. The minimum absolute atomic E-state index is 0.303. The van der Waals surface area contributed by atoms with E-state index in [1.54, 1.807) is 11.3 Å². The van der Waals surface area contributed by atoms with Gasteiger partial charge in [-0.05, 0) is 25.7 Å². The molecular formula is C12H15NO2S. The number of rotatable bonds is 1. The van der Waals surface area contributed by atoms with Gasteiger partial charge in [0.2, 0.25) is 0 Å². The van der Waals surface area contributed by atoms with Crippen molar-refractivity contribution in [3.05, 3.63) is 15.6 Å². The number of carbonyl (C=O) groups excluding carboxylic acids is 1. The van der Waals surface area contributed by atoms with Crippen molar-refractivity contribution in [3.8, 4) is 0 Å². The molecule has 3 rings (SSSR count). The maximum absolute atomic E-state index is 11.7. The molecule has 86 valence electrons. The van der Waals surface area contributed by atoms with Crippen molar-refractivity contribution < 1.29 is 9.53 Å². The summed E-state index contributed by atoms with van der Waals surface area (Å²) in [4.78, 5) is 17.3. The van der Waals surface area contributed by atoms with Gasteiger partial charge in [0.1, 0.15) is 0 Å². The summed E-state index contributed by atoms with van der Waals surface area (Å²) in [7, 11) is 0. The molecule has 0 amide bonds. The standard InChI is InChI=1S/C12H15NO2S/c14-10-3-1-2-9-11(10)16-12(13-9)8-4-6-15-7-5-8/h8H,1-7H2. The zero-order chi connectivity index (χ0) is 11.0. The van der Waals surface area contributed by atoms with E-state index in [1.807, 2.05) is 0 Å². The van der Waals surface area contributed by atoms with Crippen LogP contribution in [0.5, 0.6) is 0 Å². The molecule has 0 aromatic carbocycles. The molecule has 1 aliphatic carbocycles. The van der Waals surface area contributed by atoms with Crippen LogP contribution in [-0.4, -0.2) is 24.0 Å². The van der Waals surface area contributed by atoms with Gasteiger partial charge in [-0.15, -0.1) is 11.3 Å². The van der Waals surface area contributed by atoms with Gasteiger partial charge in [-0.1, -0.05) is 0 Å². The van der Waals surface area contributed by atoms with Crippen LogP contribution in [0.25, 0.3) is 0 Å². The number of thiazole rings is 1. The van der Waals surface area contributed by atoms with Gasteiger partial charge in [0.05, 0.1) is 15.6 Å². The van der Waals surface area contributed by atoms with Crippen LogP contribution in [-0.2, 0) is 11.2 Å². The molecule has 0 radical (unpaired) electrons. The lowest BCUT2D eigenvalue weighted by Gasteiger charge is -2.19. The Morgan fingerprint density at radius 3 is 2.81 bits per heavy atom. The second kappa shape index (κ2) is 4.26. The van der Waals surface area contributed by atoms with E-state index in [0.29, 0.717) is 18.1 Å². The maximum Gasteiger partial charge on any atom is 0.174 e. The molecule has 16 heavy (non-hydrogen) atoms. The number of carbonyl (C=O) groups is 1. The minimum atomic E-state index is 0.303. The second-order valence-electron chi connectivity index (χ2n) is 4.49. The molecular weight excluding hydrogens is 222 g/mol. The molecule has 0 N–H and O–H groups in total. The first-order chi connectivity index (χ1) is 7.84. The predicted molar refractivity (Wildman–Crippen MR) is 62.2 cm³/mol. The molecule has 0 unspecified atom stereocenters. The summed E-state index contributed by atoms with van der Waals surface area (Å²) < 4.78 is 5.35. The average Bonchev–Trinajstić information content (AvgIpc) is 2.76. The third-order valence-electron chi connectivity index (χ3n) is 3.36. The summed E-state index contributed by atoms with van der Waals surface area (Å²) in [5.41, 5.74) is 1.06. The van der Waals surface area contributed by atoms with E-state index in [4.69, 9.17) is 4.74 Å². The quantitative estimate of drug-likeness (QED) is 0.753. The van der Waals surface area contributed by atoms with Gasteiger partial charge in [-0.3, -0.25) is 4.79 Å². The smallest absolute Gasteiger partial charge is 0.174 e. The molecule has 0 saturated carbocycles. The van der Waals surface area contributed by atoms with Crippen LogP contribution in [0.1, 0.15) is 52.0 Å². The monoisotopic (exact) mass is 237 g/mol. The summed E-state index contributed by atoms with van der Waals surface area (Å²) in [6, 6.07) is 0. The SMILES string of the molecule is O=C1CCCc2nc(C3CCOCC3)sc21. The molecule has 3 nitrogen and oxygen atoms in total. The summed E-state index contributed by atoms with van der Waals surface area (Å²) in [6.45, 7) is 1.67. The minimum Gasteiger partial charge on any atom is -0.381 e. The van der Waals surface area contributed by atoms with Gasteiger partial charge < -0.3 is 4.74 Å². The molecule has 0 spiro atoms. The number of Topliss-reactive ketones (excluding diaryl/α,β-unsaturated/α-hetero) is 1. The normalized spacial score (nSPS) is 22.1. The Balaban J connectivity index is 1.88. The van der Waals surface area contributed by atoms with E-state index in [-0.39, 0.29) is 0 Å². The van der Waals surface area contributed by atoms with E-state index in [1.165, 1.54) is 5.01 Å². The lowest BCUT2D eigenvalue weighted by Crippen LogP contribution is -2.13. The number of hydrogen-bond acceptors (Lipinski definition) is 4. The molecule has 4 heteroatoms. The van der Waals surface area contributed by atoms with Crippen LogP contribution in [0, 0.1) is 0 Å². The van der Waals surface area contributed by atoms with Gasteiger partial charge in [0.15, 0.2) is 5.78 Å². The van der Waals surface area contributed by atoms with Crippen molar-refractivity contribution in [2.24, 2.45) is 0 Å². The summed E-state index contributed by atoms with van der Waals surface area (Å²) in [5.74, 6) is 0.828. The number of nitrogens with zero attached hydrogens (tertiary/aromatic N) is 1. The summed E-state index contributed by atoms with van der Waals surface area (Å²) in [6.07, 6.45) is 4.78. The van der Waals surface area contributed by atoms with Crippen LogP contribution in [0.15, 0.2) is 0 Å². The number of aryl methyl sites for hydroxylation is 1. The number of hydrogen-bond donors (Lipinski definition) is 0. The Morgan fingerprint density at radius 1 is 1.25 bits per heavy atom. The topological polar surface area (TPSA) is 39.2 Å². The van der Waals surface area contributed by atoms with Crippen LogP contribution >= 0.6 is 11.3 Å². The first kappa shape index (κ1) is 10.4. The van der Waals surface area contributed by atoms with Crippen molar-refractivity contribution in [1.82, 2.24) is 4.98 Å². The van der Waals surface area contributed by atoms with E-state index >= 15 is 0 Å². The van der Waals surface area contributed by atoms with E-state index in [2.05, 4.69) is 4.98 Å². The first-order valence-electron chi connectivity index (χ1n) is 5.95. The Labute approximate surface area is 98.8 Å². The maximum atomic E-state index is 11.7. The fraction of sp³-hybridized carbons (Fsp3) is 0.667.